The summed E-state index contributed by atoms with van der Waals surface area (Å²) in [4.78, 5) is 15.9. The average Bonchev–Trinajstić information content (AvgIpc) is 2.89. The molecule has 1 N–H and O–H groups in total. The Morgan fingerprint density at radius 2 is 1.53 bits per heavy atom. The SMILES string of the molecule is CCCc1cccc(C(O)(C(=O)OCC2CCN(Cc3ccccc3)CC2)c2ccccc2)c1. The van der Waals surface area contributed by atoms with E-state index in [0.717, 1.165) is 50.9 Å². The summed E-state index contributed by atoms with van der Waals surface area (Å²) in [5.41, 5.74) is 1.70. The number of likely N-dealkylation sites (tertiary alicyclic amines) is 1. The predicted octanol–water partition coefficient (Wildman–Crippen LogP) is 5.33. The van der Waals surface area contributed by atoms with E-state index in [1.807, 2.05) is 48.5 Å². The zero-order chi connectivity index (χ0) is 23.8. The second kappa shape index (κ2) is 11.5. The first-order valence-corrected chi connectivity index (χ1v) is 12.4. The maximum Gasteiger partial charge on any atom is 0.347 e. The van der Waals surface area contributed by atoms with Gasteiger partial charge in [-0.15, -0.1) is 0 Å². The summed E-state index contributed by atoms with van der Waals surface area (Å²) in [5.74, 6) is -0.290. The number of carbonyl (C=O) groups excluding carboxylic acids is 1. The standard InChI is InChI=1S/C30H35NO3/c1-2-10-24-13-9-16-28(21-24)30(33,27-14-7-4-8-15-27)29(32)34-23-26-17-19-31(20-18-26)22-25-11-5-3-6-12-25/h3-9,11-16,21,26,33H,2,10,17-20,22-23H2,1H3. The molecular weight excluding hydrogens is 422 g/mol. The van der Waals surface area contributed by atoms with E-state index in [1.54, 1.807) is 12.1 Å². The molecule has 0 radical (unpaired) electrons. The third kappa shape index (κ3) is 5.75. The first-order valence-electron chi connectivity index (χ1n) is 12.4. The van der Waals surface area contributed by atoms with Crippen LogP contribution in [0.2, 0.25) is 0 Å². The molecule has 178 valence electrons. The normalized spacial score (nSPS) is 16.6. The molecule has 4 heteroatoms. The molecule has 1 unspecified atom stereocenters. The molecule has 3 aromatic rings. The quantitative estimate of drug-likeness (QED) is 0.441. The van der Waals surface area contributed by atoms with E-state index >= 15 is 0 Å². The summed E-state index contributed by atoms with van der Waals surface area (Å²) in [5, 5.41) is 11.8. The largest absolute Gasteiger partial charge is 0.463 e. The lowest BCUT2D eigenvalue weighted by Crippen LogP contribution is -2.40. The molecular formula is C30H35NO3. The first-order chi connectivity index (χ1) is 16.6. The molecule has 1 atom stereocenters. The zero-order valence-electron chi connectivity index (χ0n) is 20.0. The second-order valence-electron chi connectivity index (χ2n) is 9.33. The van der Waals surface area contributed by atoms with Gasteiger partial charge < -0.3 is 9.84 Å². The Morgan fingerprint density at radius 1 is 0.912 bits per heavy atom. The fourth-order valence-electron chi connectivity index (χ4n) is 4.77. The minimum atomic E-state index is -1.82. The van der Waals surface area contributed by atoms with Gasteiger partial charge in [0.15, 0.2) is 0 Å². The van der Waals surface area contributed by atoms with E-state index in [1.165, 1.54) is 5.56 Å². The maximum absolute atomic E-state index is 13.4. The van der Waals surface area contributed by atoms with Crippen molar-refractivity contribution >= 4 is 5.97 Å². The molecule has 1 fully saturated rings. The van der Waals surface area contributed by atoms with E-state index in [2.05, 4.69) is 36.1 Å². The fraction of sp³-hybridized carbons (Fsp3) is 0.367. The van der Waals surface area contributed by atoms with Crippen molar-refractivity contribution in [3.8, 4) is 0 Å². The predicted molar refractivity (Wildman–Crippen MR) is 135 cm³/mol. The number of hydrogen-bond donors (Lipinski definition) is 1. The summed E-state index contributed by atoms with van der Waals surface area (Å²) in [6.07, 6.45) is 3.86. The summed E-state index contributed by atoms with van der Waals surface area (Å²) in [7, 11) is 0. The van der Waals surface area contributed by atoms with Gasteiger partial charge in [-0.1, -0.05) is 98.3 Å². The lowest BCUT2D eigenvalue weighted by Gasteiger charge is -2.33. The van der Waals surface area contributed by atoms with Crippen molar-refractivity contribution in [3.05, 3.63) is 107 Å². The Bertz CT molecular complexity index is 1040. The highest BCUT2D eigenvalue weighted by atomic mass is 16.5. The van der Waals surface area contributed by atoms with Gasteiger partial charge >= 0.3 is 5.97 Å². The van der Waals surface area contributed by atoms with E-state index in [9.17, 15) is 9.90 Å². The number of piperidine rings is 1. The second-order valence-corrected chi connectivity index (χ2v) is 9.33. The molecule has 1 saturated heterocycles. The van der Waals surface area contributed by atoms with Crippen LogP contribution in [0.5, 0.6) is 0 Å². The molecule has 0 bridgehead atoms. The Labute approximate surface area is 203 Å². The van der Waals surface area contributed by atoms with Crippen molar-refractivity contribution in [2.24, 2.45) is 5.92 Å². The van der Waals surface area contributed by atoms with Crippen molar-refractivity contribution < 1.29 is 14.6 Å². The van der Waals surface area contributed by atoms with Gasteiger partial charge in [0.1, 0.15) is 0 Å². The molecule has 0 aromatic heterocycles. The van der Waals surface area contributed by atoms with Gasteiger partial charge in [0, 0.05) is 6.54 Å². The number of benzene rings is 3. The van der Waals surface area contributed by atoms with Crippen LogP contribution in [0.3, 0.4) is 0 Å². The van der Waals surface area contributed by atoms with E-state index < -0.39 is 11.6 Å². The summed E-state index contributed by atoms with van der Waals surface area (Å²) >= 11 is 0. The van der Waals surface area contributed by atoms with Gasteiger partial charge in [0.25, 0.3) is 0 Å². The van der Waals surface area contributed by atoms with Crippen molar-refractivity contribution in [2.75, 3.05) is 19.7 Å². The maximum atomic E-state index is 13.4. The number of esters is 1. The van der Waals surface area contributed by atoms with Crippen molar-refractivity contribution in [1.82, 2.24) is 4.90 Å². The number of aryl methyl sites for hydroxylation is 1. The molecule has 0 aliphatic carbocycles. The number of rotatable bonds is 9. The number of carbonyl (C=O) groups is 1. The number of aliphatic hydroxyl groups is 1. The van der Waals surface area contributed by atoms with Gasteiger partial charge in [0.2, 0.25) is 5.60 Å². The molecule has 0 saturated carbocycles. The Balaban J connectivity index is 1.41. The lowest BCUT2D eigenvalue weighted by atomic mass is 9.85. The highest BCUT2D eigenvalue weighted by Crippen LogP contribution is 2.32. The van der Waals surface area contributed by atoms with Crippen LogP contribution in [-0.4, -0.2) is 35.7 Å². The summed E-state index contributed by atoms with van der Waals surface area (Å²) in [6, 6.07) is 27.3. The van der Waals surface area contributed by atoms with E-state index in [4.69, 9.17) is 4.74 Å². The average molecular weight is 458 g/mol. The molecule has 1 aliphatic heterocycles. The van der Waals surface area contributed by atoms with Crippen molar-refractivity contribution in [3.63, 3.8) is 0 Å². The number of ether oxygens (including phenoxy) is 1. The Morgan fingerprint density at radius 3 is 2.21 bits per heavy atom. The van der Waals surface area contributed by atoms with Crippen LogP contribution in [0, 0.1) is 5.92 Å². The molecule has 4 nitrogen and oxygen atoms in total. The minimum absolute atomic E-state index is 0.308. The minimum Gasteiger partial charge on any atom is -0.463 e. The van der Waals surface area contributed by atoms with Crippen LogP contribution in [-0.2, 0) is 28.1 Å². The van der Waals surface area contributed by atoms with Crippen LogP contribution in [0.4, 0.5) is 0 Å². The zero-order valence-corrected chi connectivity index (χ0v) is 20.0. The number of hydrogen-bond acceptors (Lipinski definition) is 4. The van der Waals surface area contributed by atoms with Crippen LogP contribution >= 0.6 is 0 Å². The fourth-order valence-corrected chi connectivity index (χ4v) is 4.77. The van der Waals surface area contributed by atoms with Gasteiger partial charge in [-0.25, -0.2) is 4.79 Å². The summed E-state index contributed by atoms with van der Waals surface area (Å²) < 4.78 is 5.80. The third-order valence-corrected chi connectivity index (χ3v) is 6.78. The van der Waals surface area contributed by atoms with Crippen molar-refractivity contribution in [1.29, 1.82) is 0 Å². The molecule has 3 aromatic carbocycles. The molecule has 4 rings (SSSR count). The molecule has 1 heterocycles. The van der Waals surface area contributed by atoms with Gasteiger partial charge in [-0.05, 0) is 60.5 Å². The third-order valence-electron chi connectivity index (χ3n) is 6.78. The van der Waals surface area contributed by atoms with Crippen LogP contribution < -0.4 is 0 Å². The monoisotopic (exact) mass is 457 g/mol. The van der Waals surface area contributed by atoms with Crippen molar-refractivity contribution in [2.45, 2.75) is 44.8 Å². The smallest absolute Gasteiger partial charge is 0.347 e. The van der Waals surface area contributed by atoms with Crippen LogP contribution in [0.15, 0.2) is 84.9 Å². The van der Waals surface area contributed by atoms with E-state index in [-0.39, 0.29) is 0 Å². The topological polar surface area (TPSA) is 49.8 Å². The first kappa shape index (κ1) is 24.2. The van der Waals surface area contributed by atoms with Gasteiger partial charge in [-0.2, -0.15) is 0 Å². The van der Waals surface area contributed by atoms with Crippen LogP contribution in [0.1, 0.15) is 48.4 Å². The number of nitrogens with zero attached hydrogens (tertiary/aromatic N) is 1. The van der Waals surface area contributed by atoms with E-state index in [0.29, 0.717) is 23.7 Å². The Hall–Kier alpha value is -2.95. The molecule has 0 spiro atoms. The lowest BCUT2D eigenvalue weighted by molar-refractivity contribution is -0.164. The molecule has 0 amide bonds. The van der Waals surface area contributed by atoms with Crippen LogP contribution in [0.25, 0.3) is 0 Å². The molecule has 1 aliphatic rings. The Kier molecular flexibility index (Phi) is 8.15. The van der Waals surface area contributed by atoms with Gasteiger partial charge in [0.05, 0.1) is 6.61 Å². The van der Waals surface area contributed by atoms with Gasteiger partial charge in [-0.3, -0.25) is 4.90 Å². The highest BCUT2D eigenvalue weighted by molar-refractivity contribution is 5.85. The molecule has 34 heavy (non-hydrogen) atoms. The summed E-state index contributed by atoms with van der Waals surface area (Å²) in [6.45, 7) is 5.38. The highest BCUT2D eigenvalue weighted by Gasteiger charge is 2.42.